The van der Waals surface area contributed by atoms with Gasteiger partial charge in [-0.3, -0.25) is 0 Å². The minimum atomic E-state index is -4.36. The second kappa shape index (κ2) is 3.12. The van der Waals surface area contributed by atoms with E-state index in [4.69, 9.17) is 0 Å². The Morgan fingerprint density at radius 3 is 2.86 bits per heavy atom. The Balaban J connectivity index is 2.39. The number of hydrogen-bond acceptors (Lipinski definition) is 1. The second-order valence-corrected chi connectivity index (χ2v) is 4.19. The van der Waals surface area contributed by atoms with Crippen LogP contribution in [0.3, 0.4) is 0 Å². The largest absolute Gasteiger partial charge is 0.434 e. The van der Waals surface area contributed by atoms with Gasteiger partial charge in [-0.1, -0.05) is 22.0 Å². The third kappa shape index (κ3) is 1.70. The quantitative estimate of drug-likeness (QED) is 0.661. The van der Waals surface area contributed by atoms with Crippen LogP contribution in [0.25, 0.3) is 6.08 Å². The van der Waals surface area contributed by atoms with Crippen molar-refractivity contribution in [2.75, 3.05) is 0 Å². The molecule has 0 aromatic carbocycles. The summed E-state index contributed by atoms with van der Waals surface area (Å²) in [5.74, 6) is 0.355. The highest BCUT2D eigenvalue weighted by molar-refractivity contribution is 9.09. The fraction of sp³-hybridized carbons (Fsp3) is 0.375. The van der Waals surface area contributed by atoms with E-state index in [1.165, 1.54) is 4.57 Å². The summed E-state index contributed by atoms with van der Waals surface area (Å²) < 4.78 is 38.3. The maximum Gasteiger partial charge on any atom is 0.434 e. The van der Waals surface area contributed by atoms with Crippen molar-refractivity contribution in [3.8, 4) is 0 Å². The Morgan fingerprint density at radius 2 is 2.21 bits per heavy atom. The smallest absolute Gasteiger partial charge is 0.329 e. The van der Waals surface area contributed by atoms with Crippen LogP contribution >= 0.6 is 15.9 Å². The molecule has 1 unspecified atom stereocenters. The minimum Gasteiger partial charge on any atom is -0.329 e. The van der Waals surface area contributed by atoms with E-state index < -0.39 is 11.9 Å². The predicted molar refractivity (Wildman–Crippen MR) is 49.0 cm³/mol. The van der Waals surface area contributed by atoms with E-state index in [-0.39, 0.29) is 4.83 Å². The minimum absolute atomic E-state index is 0.0743. The van der Waals surface area contributed by atoms with Crippen LogP contribution < -0.4 is 0 Å². The summed E-state index contributed by atoms with van der Waals surface area (Å²) in [6.07, 6.45) is 0.0354. The van der Waals surface area contributed by atoms with Gasteiger partial charge in [-0.2, -0.15) is 13.2 Å². The van der Waals surface area contributed by atoms with Crippen LogP contribution in [-0.2, 0) is 12.7 Å². The van der Waals surface area contributed by atoms with Gasteiger partial charge < -0.3 is 4.57 Å². The summed E-state index contributed by atoms with van der Waals surface area (Å²) in [4.78, 5) is 3.56. The van der Waals surface area contributed by atoms with Gasteiger partial charge in [0.05, 0.1) is 4.83 Å². The average molecular weight is 267 g/mol. The topological polar surface area (TPSA) is 17.8 Å². The van der Waals surface area contributed by atoms with Crippen molar-refractivity contribution >= 4 is 22.0 Å². The Morgan fingerprint density at radius 1 is 1.50 bits per heavy atom. The lowest BCUT2D eigenvalue weighted by Gasteiger charge is -2.12. The third-order valence-corrected chi connectivity index (χ3v) is 2.52. The zero-order valence-electron chi connectivity index (χ0n) is 6.92. The van der Waals surface area contributed by atoms with E-state index in [1.807, 2.05) is 0 Å². The van der Waals surface area contributed by atoms with Crippen LogP contribution in [0.1, 0.15) is 11.5 Å². The molecule has 76 valence electrons. The first-order valence-corrected chi connectivity index (χ1v) is 4.85. The van der Waals surface area contributed by atoms with Crippen molar-refractivity contribution in [3.05, 3.63) is 23.8 Å². The van der Waals surface area contributed by atoms with E-state index in [0.717, 1.165) is 6.20 Å². The molecule has 0 fully saturated rings. The molecule has 1 atom stereocenters. The van der Waals surface area contributed by atoms with Gasteiger partial charge in [-0.15, -0.1) is 0 Å². The molecule has 2 nitrogen and oxygen atoms in total. The molecule has 6 heteroatoms. The Hall–Kier alpha value is -0.780. The highest BCUT2D eigenvalue weighted by atomic mass is 79.9. The number of fused-ring (bicyclic) bond motifs is 1. The SMILES string of the molecule is FC(F)(F)c1cn2c(n1)C=CC(Br)C2. The lowest BCUT2D eigenvalue weighted by atomic mass is 10.3. The molecule has 0 amide bonds. The highest BCUT2D eigenvalue weighted by Crippen LogP contribution is 2.29. The van der Waals surface area contributed by atoms with E-state index in [1.54, 1.807) is 12.2 Å². The fourth-order valence-corrected chi connectivity index (χ4v) is 1.75. The van der Waals surface area contributed by atoms with E-state index in [9.17, 15) is 13.2 Å². The van der Waals surface area contributed by atoms with Crippen LogP contribution in [0.5, 0.6) is 0 Å². The standard InChI is InChI=1S/C8H6BrF3N2/c9-5-1-2-7-13-6(8(10,11)12)4-14(7)3-5/h1-2,4-5H,3H2. The number of aromatic nitrogens is 2. The molecule has 0 saturated heterocycles. The van der Waals surface area contributed by atoms with Gasteiger partial charge in [0, 0.05) is 12.7 Å². The molecule has 0 bridgehead atoms. The molecule has 2 heterocycles. The monoisotopic (exact) mass is 266 g/mol. The normalized spacial score (nSPS) is 21.0. The van der Waals surface area contributed by atoms with Gasteiger partial charge in [-0.25, -0.2) is 4.98 Å². The summed E-state index contributed by atoms with van der Waals surface area (Å²) in [5, 5.41) is 0. The lowest BCUT2D eigenvalue weighted by Crippen LogP contribution is -2.12. The van der Waals surface area contributed by atoms with Gasteiger partial charge in [0.1, 0.15) is 5.82 Å². The molecule has 1 aliphatic rings. The van der Waals surface area contributed by atoms with Crippen molar-refractivity contribution in [1.29, 1.82) is 0 Å². The second-order valence-electron chi connectivity index (χ2n) is 3.01. The number of nitrogens with zero attached hydrogens (tertiary/aromatic N) is 2. The average Bonchev–Trinajstić information content (AvgIpc) is 2.45. The summed E-state index contributed by atoms with van der Waals surface area (Å²) in [6.45, 7) is 0.481. The van der Waals surface area contributed by atoms with Gasteiger partial charge >= 0.3 is 6.18 Å². The first-order valence-electron chi connectivity index (χ1n) is 3.93. The summed E-state index contributed by atoms with van der Waals surface area (Å²) >= 11 is 3.30. The van der Waals surface area contributed by atoms with Gasteiger partial charge in [-0.05, 0) is 6.08 Å². The van der Waals surface area contributed by atoms with Crippen molar-refractivity contribution in [2.45, 2.75) is 17.5 Å². The van der Waals surface area contributed by atoms with Crippen molar-refractivity contribution in [1.82, 2.24) is 9.55 Å². The Bertz CT molecular complexity index is 380. The molecular weight excluding hydrogens is 261 g/mol. The zero-order chi connectivity index (χ0) is 10.3. The first kappa shape index (κ1) is 9.76. The van der Waals surface area contributed by atoms with Crippen molar-refractivity contribution in [2.24, 2.45) is 0 Å². The summed E-state index contributed by atoms with van der Waals surface area (Å²) in [7, 11) is 0. The molecule has 14 heavy (non-hydrogen) atoms. The van der Waals surface area contributed by atoms with Gasteiger partial charge in [0.15, 0.2) is 5.69 Å². The van der Waals surface area contributed by atoms with Crippen molar-refractivity contribution in [3.63, 3.8) is 0 Å². The highest BCUT2D eigenvalue weighted by Gasteiger charge is 2.34. The number of alkyl halides is 4. The molecule has 0 saturated carbocycles. The van der Waals surface area contributed by atoms with Crippen LogP contribution in [0.15, 0.2) is 12.3 Å². The maximum atomic E-state index is 12.3. The number of hydrogen-bond donors (Lipinski definition) is 0. The summed E-state index contributed by atoms with van der Waals surface area (Å²) in [6, 6.07) is 0. The molecule has 1 aromatic rings. The van der Waals surface area contributed by atoms with E-state index in [0.29, 0.717) is 12.4 Å². The van der Waals surface area contributed by atoms with Crippen molar-refractivity contribution < 1.29 is 13.2 Å². The summed E-state index contributed by atoms with van der Waals surface area (Å²) in [5.41, 5.74) is -0.834. The number of halogens is 4. The fourth-order valence-electron chi connectivity index (χ4n) is 1.29. The van der Waals surface area contributed by atoms with Crippen LogP contribution in [0.2, 0.25) is 0 Å². The molecular formula is C8H6BrF3N2. The van der Waals surface area contributed by atoms with E-state index in [2.05, 4.69) is 20.9 Å². The van der Waals surface area contributed by atoms with Crippen LogP contribution in [0, 0.1) is 0 Å². The van der Waals surface area contributed by atoms with E-state index >= 15 is 0 Å². The molecule has 1 aliphatic heterocycles. The van der Waals surface area contributed by atoms with Crippen LogP contribution in [0.4, 0.5) is 13.2 Å². The van der Waals surface area contributed by atoms with Crippen LogP contribution in [-0.4, -0.2) is 14.4 Å². The molecule has 0 aliphatic carbocycles. The Kier molecular flexibility index (Phi) is 2.17. The number of allylic oxidation sites excluding steroid dienone is 1. The third-order valence-electron chi connectivity index (χ3n) is 1.92. The molecule has 0 radical (unpaired) electrons. The zero-order valence-corrected chi connectivity index (χ0v) is 8.51. The molecule has 2 rings (SSSR count). The van der Waals surface area contributed by atoms with Gasteiger partial charge in [0.2, 0.25) is 0 Å². The number of rotatable bonds is 0. The molecule has 0 N–H and O–H groups in total. The molecule has 1 aromatic heterocycles. The first-order chi connectivity index (χ1) is 6.47. The van der Waals surface area contributed by atoms with Gasteiger partial charge in [0.25, 0.3) is 0 Å². The maximum absolute atomic E-state index is 12.3. The Labute approximate surface area is 86.6 Å². The molecule has 0 spiro atoms. The predicted octanol–water partition coefficient (Wildman–Crippen LogP) is 2.69. The number of imidazole rings is 1. The lowest BCUT2D eigenvalue weighted by molar-refractivity contribution is -0.141.